The summed E-state index contributed by atoms with van der Waals surface area (Å²) in [7, 11) is 0. The average Bonchev–Trinajstić information content (AvgIpc) is 3.30. The Labute approximate surface area is 178 Å². The number of ether oxygens (including phenoxy) is 1. The van der Waals surface area contributed by atoms with Gasteiger partial charge in [0.15, 0.2) is 0 Å². The molecule has 0 spiro atoms. The van der Waals surface area contributed by atoms with Gasteiger partial charge in [0.25, 0.3) is 5.91 Å². The van der Waals surface area contributed by atoms with Gasteiger partial charge >= 0.3 is 0 Å². The van der Waals surface area contributed by atoms with Gasteiger partial charge in [-0.2, -0.15) is 0 Å². The van der Waals surface area contributed by atoms with Gasteiger partial charge in [-0.3, -0.25) is 9.69 Å². The zero-order valence-electron chi connectivity index (χ0n) is 16.8. The highest BCUT2D eigenvalue weighted by Crippen LogP contribution is 2.37. The first-order valence-corrected chi connectivity index (χ1v) is 11.9. The molecule has 0 N–H and O–H groups in total. The highest BCUT2D eigenvalue weighted by Gasteiger charge is 2.37. The summed E-state index contributed by atoms with van der Waals surface area (Å²) in [5, 5.41) is 0. The molecule has 0 radical (unpaired) electrons. The molecule has 2 fully saturated rings. The van der Waals surface area contributed by atoms with Gasteiger partial charge in [0.2, 0.25) is 0 Å². The van der Waals surface area contributed by atoms with E-state index in [1.807, 2.05) is 35.2 Å². The summed E-state index contributed by atoms with van der Waals surface area (Å²) < 4.78 is 6.55. The van der Waals surface area contributed by atoms with Crippen molar-refractivity contribution >= 4 is 40.3 Å². The Balaban J connectivity index is 1.48. The van der Waals surface area contributed by atoms with Crippen LogP contribution in [0.25, 0.3) is 6.08 Å². The fourth-order valence-electron chi connectivity index (χ4n) is 3.84. The summed E-state index contributed by atoms with van der Waals surface area (Å²) in [4.78, 5) is 15.3. The van der Waals surface area contributed by atoms with E-state index >= 15 is 0 Å². The van der Waals surface area contributed by atoms with Crippen LogP contribution in [0.5, 0.6) is 5.75 Å². The lowest BCUT2D eigenvalue weighted by molar-refractivity contribution is -0.123. The van der Waals surface area contributed by atoms with Crippen molar-refractivity contribution in [2.75, 3.05) is 6.61 Å². The third kappa shape index (κ3) is 5.84. The van der Waals surface area contributed by atoms with E-state index in [9.17, 15) is 4.79 Å². The zero-order valence-corrected chi connectivity index (χ0v) is 18.5. The smallest absolute Gasteiger partial charge is 0.266 e. The molecule has 3 nitrogen and oxygen atoms in total. The molecule has 5 heteroatoms. The number of hydrogen-bond acceptors (Lipinski definition) is 4. The lowest BCUT2D eigenvalue weighted by Gasteiger charge is -2.21. The van der Waals surface area contributed by atoms with E-state index in [1.165, 1.54) is 56.7 Å². The molecule has 1 saturated heterocycles. The molecule has 28 heavy (non-hydrogen) atoms. The van der Waals surface area contributed by atoms with E-state index < -0.39 is 0 Å². The molecule has 1 amide bonds. The van der Waals surface area contributed by atoms with Gasteiger partial charge in [0.1, 0.15) is 10.1 Å². The van der Waals surface area contributed by atoms with Crippen LogP contribution in [0.2, 0.25) is 0 Å². The highest BCUT2D eigenvalue weighted by molar-refractivity contribution is 8.26. The molecule has 0 bridgehead atoms. The van der Waals surface area contributed by atoms with Gasteiger partial charge in [0, 0.05) is 6.04 Å². The number of thioether (sulfide) groups is 1. The summed E-state index contributed by atoms with van der Waals surface area (Å²) in [6.07, 6.45) is 14.1. The fraction of sp³-hybridized carbons (Fsp3) is 0.565. The first-order chi connectivity index (χ1) is 13.7. The number of hydrogen-bond donors (Lipinski definition) is 0. The molecule has 1 saturated carbocycles. The maximum Gasteiger partial charge on any atom is 0.266 e. The lowest BCUT2D eigenvalue weighted by atomic mass is 10.1. The van der Waals surface area contributed by atoms with Crippen LogP contribution < -0.4 is 4.74 Å². The van der Waals surface area contributed by atoms with Crippen molar-refractivity contribution in [3.8, 4) is 5.75 Å². The summed E-state index contributed by atoms with van der Waals surface area (Å²) in [6, 6.07) is 8.30. The van der Waals surface area contributed by atoms with E-state index in [-0.39, 0.29) is 5.91 Å². The minimum Gasteiger partial charge on any atom is -0.494 e. The van der Waals surface area contributed by atoms with Gasteiger partial charge in [-0.05, 0) is 43.0 Å². The van der Waals surface area contributed by atoms with Crippen LogP contribution in [0.1, 0.15) is 76.7 Å². The molecular formula is C23H31NO2S2. The second-order valence-corrected chi connectivity index (χ2v) is 9.35. The Hall–Kier alpha value is -1.33. The Morgan fingerprint density at radius 1 is 1.11 bits per heavy atom. The van der Waals surface area contributed by atoms with Crippen molar-refractivity contribution in [2.45, 2.75) is 77.2 Å². The van der Waals surface area contributed by atoms with Crippen LogP contribution >= 0.6 is 24.0 Å². The molecule has 0 unspecified atom stereocenters. The van der Waals surface area contributed by atoms with Crippen LogP contribution in [0.15, 0.2) is 29.2 Å². The van der Waals surface area contributed by atoms with E-state index in [1.54, 1.807) is 0 Å². The van der Waals surface area contributed by atoms with E-state index in [4.69, 9.17) is 17.0 Å². The second kappa shape index (κ2) is 11.0. The molecular weight excluding hydrogens is 386 g/mol. The van der Waals surface area contributed by atoms with Gasteiger partial charge < -0.3 is 4.74 Å². The third-order valence-electron chi connectivity index (χ3n) is 5.46. The van der Waals surface area contributed by atoms with Crippen molar-refractivity contribution in [3.05, 3.63) is 34.7 Å². The molecule has 152 valence electrons. The van der Waals surface area contributed by atoms with Crippen LogP contribution in [-0.4, -0.2) is 27.8 Å². The first-order valence-electron chi connectivity index (χ1n) is 10.7. The van der Waals surface area contributed by atoms with Crippen molar-refractivity contribution < 1.29 is 9.53 Å². The topological polar surface area (TPSA) is 29.5 Å². The summed E-state index contributed by atoms with van der Waals surface area (Å²) in [6.45, 7) is 3.01. The molecule has 1 heterocycles. The van der Waals surface area contributed by atoms with E-state index in [0.29, 0.717) is 10.4 Å². The van der Waals surface area contributed by atoms with E-state index in [2.05, 4.69) is 6.92 Å². The SMILES string of the molecule is CCCCCCCCOc1ccc(/C=C2\SC(=S)N(C3CCCC3)C2=O)cc1. The quantitative estimate of drug-likeness (QED) is 0.245. The number of nitrogens with zero attached hydrogens (tertiary/aromatic N) is 1. The number of thiocarbonyl (C=S) groups is 1. The van der Waals surface area contributed by atoms with Crippen LogP contribution in [-0.2, 0) is 4.79 Å². The lowest BCUT2D eigenvalue weighted by Crippen LogP contribution is -2.36. The minimum atomic E-state index is 0.0744. The average molecular weight is 418 g/mol. The molecule has 0 aromatic heterocycles. The Bertz CT molecular complexity index is 693. The van der Waals surface area contributed by atoms with Gasteiger partial charge in [0.05, 0.1) is 11.5 Å². The maximum absolute atomic E-state index is 12.8. The predicted molar refractivity (Wildman–Crippen MR) is 123 cm³/mol. The number of carbonyl (C=O) groups is 1. The monoisotopic (exact) mass is 417 g/mol. The Morgan fingerprint density at radius 2 is 1.79 bits per heavy atom. The zero-order chi connectivity index (χ0) is 19.8. The normalized spacial score (nSPS) is 19.2. The minimum absolute atomic E-state index is 0.0744. The van der Waals surface area contributed by atoms with Crippen molar-refractivity contribution in [1.29, 1.82) is 0 Å². The van der Waals surface area contributed by atoms with Gasteiger partial charge in [-0.25, -0.2) is 0 Å². The molecule has 1 aliphatic heterocycles. The standard InChI is InChI=1S/C23H31NO2S2/c1-2-3-4-5-6-9-16-26-20-14-12-18(13-15-20)17-21-22(25)24(23(27)28-21)19-10-7-8-11-19/h12-15,17,19H,2-11,16H2,1H3/b21-17-. The Kier molecular flexibility index (Phi) is 8.41. The number of benzene rings is 1. The van der Waals surface area contributed by atoms with Crippen molar-refractivity contribution in [2.24, 2.45) is 0 Å². The summed E-state index contributed by atoms with van der Waals surface area (Å²) in [5.41, 5.74) is 1.01. The predicted octanol–water partition coefficient (Wildman–Crippen LogP) is 6.57. The fourth-order valence-corrected chi connectivity index (χ4v) is 5.24. The van der Waals surface area contributed by atoms with Gasteiger partial charge in [-0.15, -0.1) is 0 Å². The van der Waals surface area contributed by atoms with Crippen LogP contribution in [0.4, 0.5) is 0 Å². The molecule has 2 aliphatic rings. The molecule has 1 aromatic carbocycles. The van der Waals surface area contributed by atoms with E-state index in [0.717, 1.165) is 42.1 Å². The van der Waals surface area contributed by atoms with Crippen LogP contribution in [0.3, 0.4) is 0 Å². The van der Waals surface area contributed by atoms with Crippen molar-refractivity contribution in [1.82, 2.24) is 4.90 Å². The van der Waals surface area contributed by atoms with Gasteiger partial charge in [-0.1, -0.05) is 88.0 Å². The number of carbonyl (C=O) groups excluding carboxylic acids is 1. The maximum atomic E-state index is 12.8. The first kappa shape index (κ1) is 21.4. The van der Waals surface area contributed by atoms with Crippen LogP contribution in [0, 0.1) is 0 Å². The number of rotatable bonds is 10. The third-order valence-corrected chi connectivity index (χ3v) is 6.79. The largest absolute Gasteiger partial charge is 0.494 e. The summed E-state index contributed by atoms with van der Waals surface area (Å²) >= 11 is 6.90. The number of amides is 1. The number of unbranched alkanes of at least 4 members (excludes halogenated alkanes) is 5. The molecule has 0 atom stereocenters. The highest BCUT2D eigenvalue weighted by atomic mass is 32.2. The second-order valence-electron chi connectivity index (χ2n) is 7.68. The molecule has 1 aromatic rings. The summed E-state index contributed by atoms with van der Waals surface area (Å²) in [5.74, 6) is 0.967. The molecule has 3 rings (SSSR count). The molecule has 1 aliphatic carbocycles. The Morgan fingerprint density at radius 3 is 2.50 bits per heavy atom. The van der Waals surface area contributed by atoms with Crippen molar-refractivity contribution in [3.63, 3.8) is 0 Å².